The van der Waals surface area contributed by atoms with Gasteiger partial charge in [-0.25, -0.2) is 0 Å². The number of hydrogen-bond acceptors (Lipinski definition) is 0. The van der Waals surface area contributed by atoms with E-state index in [1.54, 1.807) is 5.57 Å². The van der Waals surface area contributed by atoms with Crippen LogP contribution in [0.3, 0.4) is 0 Å². The fraction of sp³-hybridized carbons (Fsp3) is 0.412. The molecule has 1 rings (SSSR count). The molecule has 0 heteroatoms. The Morgan fingerprint density at radius 1 is 1.24 bits per heavy atom. The molecule has 0 aromatic rings. The van der Waals surface area contributed by atoms with Crippen LogP contribution in [0.15, 0.2) is 60.3 Å². The molecule has 0 heterocycles. The van der Waals surface area contributed by atoms with Gasteiger partial charge in [0.05, 0.1) is 0 Å². The fourth-order valence-corrected chi connectivity index (χ4v) is 2.16. The van der Waals surface area contributed by atoms with Crippen molar-refractivity contribution in [2.75, 3.05) is 0 Å². The van der Waals surface area contributed by atoms with E-state index >= 15 is 0 Å². The quantitative estimate of drug-likeness (QED) is 0.398. The van der Waals surface area contributed by atoms with Crippen molar-refractivity contribution in [1.82, 2.24) is 0 Å². The summed E-state index contributed by atoms with van der Waals surface area (Å²) in [6.07, 6.45) is 17.9. The predicted molar refractivity (Wildman–Crippen MR) is 78.0 cm³/mol. The zero-order valence-electron chi connectivity index (χ0n) is 11.0. The van der Waals surface area contributed by atoms with E-state index in [1.165, 1.54) is 43.3 Å². The standard InChI is InChI=1S/C17H24/c1-4-7-8-10-15-11-13-17(14-12-15)16(6-3)9-5-2/h5-6,9,11,13H,2-4,7-8,10,12,14H2,1H3/b16-9+. The molecule has 0 saturated carbocycles. The van der Waals surface area contributed by atoms with Crippen LogP contribution in [0.2, 0.25) is 0 Å². The molecule has 0 spiro atoms. The maximum absolute atomic E-state index is 3.86. The fourth-order valence-electron chi connectivity index (χ4n) is 2.16. The molecule has 0 amide bonds. The zero-order valence-corrected chi connectivity index (χ0v) is 11.0. The molecule has 0 aromatic carbocycles. The van der Waals surface area contributed by atoms with Crippen LogP contribution < -0.4 is 0 Å². The van der Waals surface area contributed by atoms with E-state index in [-0.39, 0.29) is 0 Å². The first-order valence-electron chi connectivity index (χ1n) is 6.66. The summed E-state index contributed by atoms with van der Waals surface area (Å²) in [4.78, 5) is 0. The molecule has 92 valence electrons. The number of hydrogen-bond donors (Lipinski definition) is 0. The molecular formula is C17H24. The van der Waals surface area contributed by atoms with Gasteiger partial charge in [-0.15, -0.1) is 0 Å². The van der Waals surface area contributed by atoms with Gasteiger partial charge in [0.25, 0.3) is 0 Å². The van der Waals surface area contributed by atoms with Crippen molar-refractivity contribution in [2.45, 2.75) is 45.4 Å². The monoisotopic (exact) mass is 228 g/mol. The van der Waals surface area contributed by atoms with Gasteiger partial charge in [-0.05, 0) is 36.8 Å². The summed E-state index contributed by atoms with van der Waals surface area (Å²) < 4.78 is 0. The van der Waals surface area contributed by atoms with Crippen LogP contribution in [0.5, 0.6) is 0 Å². The smallest absolute Gasteiger partial charge is 0.0231 e. The second-order valence-corrected chi connectivity index (χ2v) is 4.54. The molecule has 0 saturated heterocycles. The molecule has 0 fully saturated rings. The summed E-state index contributed by atoms with van der Waals surface area (Å²) >= 11 is 0. The molecule has 0 nitrogen and oxygen atoms in total. The minimum atomic E-state index is 1.14. The van der Waals surface area contributed by atoms with E-state index in [4.69, 9.17) is 0 Å². The van der Waals surface area contributed by atoms with E-state index in [1.807, 2.05) is 18.2 Å². The molecule has 0 atom stereocenters. The van der Waals surface area contributed by atoms with E-state index in [0.717, 1.165) is 6.42 Å². The molecule has 0 bridgehead atoms. The van der Waals surface area contributed by atoms with Crippen LogP contribution in [-0.4, -0.2) is 0 Å². The van der Waals surface area contributed by atoms with Gasteiger partial charge in [-0.3, -0.25) is 0 Å². The molecule has 17 heavy (non-hydrogen) atoms. The summed E-state index contributed by atoms with van der Waals surface area (Å²) in [5.41, 5.74) is 4.20. The van der Waals surface area contributed by atoms with Crippen LogP contribution >= 0.6 is 0 Å². The van der Waals surface area contributed by atoms with Gasteiger partial charge in [0, 0.05) is 0 Å². The molecular weight excluding hydrogens is 204 g/mol. The lowest BCUT2D eigenvalue weighted by molar-refractivity contribution is 0.691. The zero-order chi connectivity index (χ0) is 12.5. The van der Waals surface area contributed by atoms with E-state index in [9.17, 15) is 0 Å². The van der Waals surface area contributed by atoms with Gasteiger partial charge in [0.1, 0.15) is 0 Å². The third-order valence-corrected chi connectivity index (χ3v) is 3.23. The topological polar surface area (TPSA) is 0 Å². The lowest BCUT2D eigenvalue weighted by atomic mass is 9.90. The van der Waals surface area contributed by atoms with Crippen molar-refractivity contribution in [3.8, 4) is 0 Å². The van der Waals surface area contributed by atoms with Crippen LogP contribution in [0.25, 0.3) is 0 Å². The minimum absolute atomic E-state index is 1.14. The van der Waals surface area contributed by atoms with E-state index in [0.29, 0.717) is 0 Å². The molecule has 0 radical (unpaired) electrons. The maximum Gasteiger partial charge on any atom is -0.0231 e. The van der Waals surface area contributed by atoms with Crippen LogP contribution in [0.4, 0.5) is 0 Å². The van der Waals surface area contributed by atoms with Crippen molar-refractivity contribution in [1.29, 1.82) is 0 Å². The predicted octanol–water partition coefficient (Wildman–Crippen LogP) is 5.51. The van der Waals surface area contributed by atoms with Crippen LogP contribution in [0.1, 0.15) is 45.4 Å². The third-order valence-electron chi connectivity index (χ3n) is 3.23. The first-order valence-corrected chi connectivity index (χ1v) is 6.66. The Labute approximate surface area is 106 Å². The Kier molecular flexibility index (Phi) is 6.39. The maximum atomic E-state index is 3.86. The molecule has 1 aliphatic rings. The molecule has 0 aromatic heterocycles. The summed E-state index contributed by atoms with van der Waals surface area (Å²) in [7, 11) is 0. The van der Waals surface area contributed by atoms with Crippen LogP contribution in [0, 0.1) is 0 Å². The normalized spacial score (nSPS) is 16.2. The Bertz CT molecular complexity index is 350. The molecule has 0 unspecified atom stereocenters. The Morgan fingerprint density at radius 3 is 2.59 bits per heavy atom. The van der Waals surface area contributed by atoms with Gasteiger partial charge >= 0.3 is 0 Å². The van der Waals surface area contributed by atoms with Crippen molar-refractivity contribution in [3.63, 3.8) is 0 Å². The average Bonchev–Trinajstić information content (AvgIpc) is 2.37. The third kappa shape index (κ3) is 4.60. The second kappa shape index (κ2) is 7.89. The molecule has 1 aliphatic carbocycles. The van der Waals surface area contributed by atoms with Gasteiger partial charge in [0.2, 0.25) is 0 Å². The summed E-state index contributed by atoms with van der Waals surface area (Å²) in [6.45, 7) is 9.85. The van der Waals surface area contributed by atoms with E-state index in [2.05, 4.69) is 32.2 Å². The highest BCUT2D eigenvalue weighted by Crippen LogP contribution is 2.27. The van der Waals surface area contributed by atoms with Gasteiger partial charge < -0.3 is 0 Å². The van der Waals surface area contributed by atoms with Crippen molar-refractivity contribution < 1.29 is 0 Å². The first kappa shape index (κ1) is 13.8. The minimum Gasteiger partial charge on any atom is -0.0990 e. The Balaban J connectivity index is 2.60. The van der Waals surface area contributed by atoms with Gasteiger partial charge in [-0.2, -0.15) is 0 Å². The summed E-state index contributed by atoms with van der Waals surface area (Å²) in [5, 5.41) is 0. The highest BCUT2D eigenvalue weighted by atomic mass is 14.1. The highest BCUT2D eigenvalue weighted by molar-refractivity contribution is 5.44. The summed E-state index contributed by atoms with van der Waals surface area (Å²) in [6, 6.07) is 0. The lowest BCUT2D eigenvalue weighted by Crippen LogP contribution is -1.96. The number of unbranched alkanes of at least 4 members (excludes halogenated alkanes) is 2. The van der Waals surface area contributed by atoms with Crippen molar-refractivity contribution >= 4 is 0 Å². The van der Waals surface area contributed by atoms with Crippen LogP contribution in [-0.2, 0) is 0 Å². The van der Waals surface area contributed by atoms with Gasteiger partial charge in [-0.1, -0.05) is 68.9 Å². The summed E-state index contributed by atoms with van der Waals surface area (Å²) in [5.74, 6) is 0. The van der Waals surface area contributed by atoms with E-state index < -0.39 is 0 Å². The van der Waals surface area contributed by atoms with Gasteiger partial charge in [0.15, 0.2) is 0 Å². The first-order chi connectivity index (χ1) is 8.31. The number of rotatable bonds is 7. The second-order valence-electron chi connectivity index (χ2n) is 4.54. The number of allylic oxidation sites excluding steroid dienone is 8. The molecule has 0 aliphatic heterocycles. The Hall–Kier alpha value is -1.30. The largest absolute Gasteiger partial charge is 0.0990 e. The van der Waals surface area contributed by atoms with Crippen molar-refractivity contribution in [3.05, 3.63) is 60.3 Å². The SMILES string of the molecule is C=C/C=C(\C=C)C1=CC=C(CCCCC)CC1. The lowest BCUT2D eigenvalue weighted by Gasteiger charge is -2.15. The average molecular weight is 228 g/mol. The Morgan fingerprint density at radius 2 is 2.06 bits per heavy atom. The molecule has 0 N–H and O–H groups in total. The highest BCUT2D eigenvalue weighted by Gasteiger charge is 2.07. The van der Waals surface area contributed by atoms with Crippen molar-refractivity contribution in [2.24, 2.45) is 0 Å².